The molecule has 210 valence electrons. The van der Waals surface area contributed by atoms with Crippen molar-refractivity contribution in [2.45, 2.75) is 46.1 Å². The van der Waals surface area contributed by atoms with Crippen LogP contribution in [0, 0.1) is 5.92 Å². The van der Waals surface area contributed by atoms with Gasteiger partial charge in [0.05, 0.1) is 10.5 Å². The summed E-state index contributed by atoms with van der Waals surface area (Å²) in [5.74, 6) is 0.939. The van der Waals surface area contributed by atoms with E-state index >= 15 is 0 Å². The minimum atomic E-state index is -0.174. The highest BCUT2D eigenvalue weighted by Gasteiger charge is 2.34. The van der Waals surface area contributed by atoms with Crippen LogP contribution in [0.15, 0.2) is 64.4 Å². The summed E-state index contributed by atoms with van der Waals surface area (Å²) in [6.45, 7) is 9.11. The third-order valence-corrected chi connectivity index (χ3v) is 9.18. The average Bonchev–Trinajstić information content (AvgIpc) is 3.24. The van der Waals surface area contributed by atoms with Crippen molar-refractivity contribution >= 4 is 51.7 Å². The first kappa shape index (κ1) is 28.5. The van der Waals surface area contributed by atoms with E-state index in [0.29, 0.717) is 38.7 Å². The molecule has 1 amide bonds. The maximum absolute atomic E-state index is 13.8. The van der Waals surface area contributed by atoms with Crippen molar-refractivity contribution in [2.24, 2.45) is 5.92 Å². The number of benzene rings is 1. The van der Waals surface area contributed by atoms with Gasteiger partial charge in [0.25, 0.3) is 11.5 Å². The molecule has 0 spiro atoms. The number of hydrogen-bond acceptors (Lipinski definition) is 7. The number of thiocarbonyl (C=S) groups is 1. The Labute approximate surface area is 245 Å². The molecule has 7 nitrogen and oxygen atoms in total. The lowest BCUT2D eigenvalue weighted by Gasteiger charge is -2.36. The third-order valence-electron chi connectivity index (χ3n) is 7.80. The van der Waals surface area contributed by atoms with E-state index in [1.54, 1.807) is 21.6 Å². The standard InChI is InChI=1S/C31H37N5O2S2/c1-3-5-11-23(4-2)22-36-30(38)26(40-31(36)39)20-25-28(32-27-14-9-10-15-35(27)29(25)37)34-18-16-33(17-19-34)21-24-12-7-6-8-13-24/h6-10,12-15,20,23H,3-5,11,16-19,21-22H2,1-2H3/b26-20+. The quantitative estimate of drug-likeness (QED) is 0.236. The Hall–Kier alpha value is -3.01. The van der Waals surface area contributed by atoms with E-state index in [1.807, 2.05) is 24.3 Å². The molecule has 1 atom stereocenters. The molecule has 0 N–H and O–H groups in total. The van der Waals surface area contributed by atoms with Crippen molar-refractivity contribution in [2.75, 3.05) is 37.6 Å². The van der Waals surface area contributed by atoms with Gasteiger partial charge in [-0.05, 0) is 36.1 Å². The number of nitrogens with zero attached hydrogens (tertiary/aromatic N) is 5. The van der Waals surface area contributed by atoms with Crippen molar-refractivity contribution < 1.29 is 4.79 Å². The number of pyridine rings is 1. The second-order valence-corrected chi connectivity index (χ2v) is 12.2. The highest BCUT2D eigenvalue weighted by Crippen LogP contribution is 2.35. The molecule has 5 rings (SSSR count). The van der Waals surface area contributed by atoms with Gasteiger partial charge in [-0.2, -0.15) is 0 Å². The first-order valence-corrected chi connectivity index (χ1v) is 15.5. The van der Waals surface area contributed by atoms with Crippen LogP contribution in [0.4, 0.5) is 5.82 Å². The van der Waals surface area contributed by atoms with Gasteiger partial charge >= 0.3 is 0 Å². The molecule has 2 aromatic heterocycles. The zero-order chi connectivity index (χ0) is 28.1. The molecule has 4 heterocycles. The van der Waals surface area contributed by atoms with E-state index in [2.05, 4.69) is 47.9 Å². The zero-order valence-corrected chi connectivity index (χ0v) is 24.9. The Morgan fingerprint density at radius 2 is 1.77 bits per heavy atom. The van der Waals surface area contributed by atoms with Crippen LogP contribution in [0.25, 0.3) is 11.7 Å². The minimum absolute atomic E-state index is 0.110. The molecule has 0 aliphatic carbocycles. The van der Waals surface area contributed by atoms with Crippen molar-refractivity contribution in [3.05, 3.63) is 81.1 Å². The number of rotatable bonds is 10. The van der Waals surface area contributed by atoms with E-state index in [0.717, 1.165) is 58.4 Å². The first-order valence-electron chi connectivity index (χ1n) is 14.3. The van der Waals surface area contributed by atoms with Gasteiger partial charge in [0.2, 0.25) is 0 Å². The van der Waals surface area contributed by atoms with Crippen LogP contribution in [-0.2, 0) is 11.3 Å². The van der Waals surface area contributed by atoms with Gasteiger partial charge in [0.1, 0.15) is 15.8 Å². The van der Waals surface area contributed by atoms with E-state index in [4.69, 9.17) is 17.2 Å². The lowest BCUT2D eigenvalue weighted by Crippen LogP contribution is -2.47. The Kier molecular flexibility index (Phi) is 9.34. The Balaban J connectivity index is 1.42. The van der Waals surface area contributed by atoms with Crippen molar-refractivity contribution in [1.82, 2.24) is 19.2 Å². The average molecular weight is 576 g/mol. The third kappa shape index (κ3) is 6.32. The predicted octanol–water partition coefficient (Wildman–Crippen LogP) is 5.43. The summed E-state index contributed by atoms with van der Waals surface area (Å²) in [6, 6.07) is 16.0. The van der Waals surface area contributed by atoms with E-state index < -0.39 is 0 Å². The van der Waals surface area contributed by atoms with E-state index in [9.17, 15) is 9.59 Å². The normalized spacial score (nSPS) is 18.3. The number of amides is 1. The summed E-state index contributed by atoms with van der Waals surface area (Å²) < 4.78 is 2.12. The molecular formula is C31H37N5O2S2. The summed E-state index contributed by atoms with van der Waals surface area (Å²) in [4.78, 5) is 39.0. The number of piperazine rings is 1. The van der Waals surface area contributed by atoms with Gasteiger partial charge in [-0.1, -0.05) is 93.5 Å². The van der Waals surface area contributed by atoms with Crippen LogP contribution in [0.5, 0.6) is 0 Å². The minimum Gasteiger partial charge on any atom is -0.353 e. The Morgan fingerprint density at radius 1 is 1.02 bits per heavy atom. The summed E-state index contributed by atoms with van der Waals surface area (Å²) in [5, 5.41) is 0. The number of fused-ring (bicyclic) bond motifs is 1. The van der Waals surface area contributed by atoms with Crippen molar-refractivity contribution in [3.63, 3.8) is 0 Å². The van der Waals surface area contributed by atoms with Crippen LogP contribution in [0.3, 0.4) is 0 Å². The molecule has 0 saturated carbocycles. The number of carbonyl (C=O) groups excluding carboxylic acids is 1. The molecule has 2 saturated heterocycles. The van der Waals surface area contributed by atoms with Crippen LogP contribution in [0.1, 0.15) is 50.7 Å². The molecule has 0 radical (unpaired) electrons. The number of carbonyl (C=O) groups is 1. The fraction of sp³-hybridized carbons (Fsp3) is 0.419. The lowest BCUT2D eigenvalue weighted by molar-refractivity contribution is -0.122. The lowest BCUT2D eigenvalue weighted by atomic mass is 9.99. The molecule has 40 heavy (non-hydrogen) atoms. The summed E-state index contributed by atoms with van der Waals surface area (Å²) in [6.07, 6.45) is 7.83. The molecule has 1 unspecified atom stereocenters. The maximum Gasteiger partial charge on any atom is 0.267 e. The molecule has 3 aromatic rings. The Morgan fingerprint density at radius 3 is 2.50 bits per heavy atom. The van der Waals surface area contributed by atoms with Crippen LogP contribution < -0.4 is 10.5 Å². The second kappa shape index (κ2) is 13.1. The topological polar surface area (TPSA) is 61.2 Å². The van der Waals surface area contributed by atoms with Crippen LogP contribution in [0.2, 0.25) is 0 Å². The number of aromatic nitrogens is 2. The fourth-order valence-corrected chi connectivity index (χ4v) is 6.64. The first-order chi connectivity index (χ1) is 19.5. The van der Waals surface area contributed by atoms with Crippen molar-refractivity contribution in [1.29, 1.82) is 0 Å². The number of anilines is 1. The number of thioether (sulfide) groups is 1. The van der Waals surface area contributed by atoms with E-state index in [1.165, 1.54) is 17.3 Å². The van der Waals surface area contributed by atoms with Crippen LogP contribution >= 0.6 is 24.0 Å². The summed E-state index contributed by atoms with van der Waals surface area (Å²) in [5.41, 5.74) is 2.16. The Bertz CT molecular complexity index is 1450. The van der Waals surface area contributed by atoms with Gasteiger partial charge in [-0.25, -0.2) is 4.98 Å². The highest BCUT2D eigenvalue weighted by atomic mass is 32.2. The molecular weight excluding hydrogens is 539 g/mol. The molecule has 0 bridgehead atoms. The molecule has 2 aliphatic heterocycles. The molecule has 2 aliphatic rings. The highest BCUT2D eigenvalue weighted by molar-refractivity contribution is 8.26. The molecule has 1 aromatic carbocycles. The van der Waals surface area contributed by atoms with Crippen LogP contribution in [-0.4, -0.2) is 62.1 Å². The second-order valence-electron chi connectivity index (χ2n) is 10.5. The number of hydrogen-bond donors (Lipinski definition) is 0. The molecule has 2 fully saturated rings. The zero-order valence-electron chi connectivity index (χ0n) is 23.3. The van der Waals surface area contributed by atoms with Gasteiger partial charge in [0, 0.05) is 45.5 Å². The SMILES string of the molecule is CCCCC(CC)CN1C(=O)/C(=C\c2c(N3CCN(Cc4ccccc4)CC3)nc3ccccn3c2=O)SC1=S. The van der Waals surface area contributed by atoms with Crippen molar-refractivity contribution in [3.8, 4) is 0 Å². The van der Waals surface area contributed by atoms with Gasteiger partial charge < -0.3 is 4.90 Å². The molecule has 9 heteroatoms. The van der Waals surface area contributed by atoms with Gasteiger partial charge in [-0.15, -0.1) is 0 Å². The summed E-state index contributed by atoms with van der Waals surface area (Å²) >= 11 is 6.93. The largest absolute Gasteiger partial charge is 0.353 e. The number of unbranched alkanes of at least 4 members (excludes halogenated alkanes) is 1. The smallest absolute Gasteiger partial charge is 0.267 e. The fourth-order valence-electron chi connectivity index (χ4n) is 5.38. The monoisotopic (exact) mass is 575 g/mol. The summed E-state index contributed by atoms with van der Waals surface area (Å²) in [7, 11) is 0. The van der Waals surface area contributed by atoms with Gasteiger partial charge in [0.15, 0.2) is 0 Å². The maximum atomic E-state index is 13.8. The van der Waals surface area contributed by atoms with E-state index in [-0.39, 0.29) is 11.5 Å². The van der Waals surface area contributed by atoms with Gasteiger partial charge in [-0.3, -0.25) is 23.8 Å². The predicted molar refractivity (Wildman–Crippen MR) is 169 cm³/mol.